The summed E-state index contributed by atoms with van der Waals surface area (Å²) in [6.45, 7) is -0.0655. The third-order valence-electron chi connectivity index (χ3n) is 3.82. The second-order valence-electron chi connectivity index (χ2n) is 5.04. The number of likely N-dealkylation sites (tertiary alicyclic amines) is 1. The van der Waals surface area contributed by atoms with E-state index in [4.69, 9.17) is 0 Å². The SMILES string of the molecule is O=C(O)C(CN1C(=O)C2CC2C1=O)c1ccccc1. The maximum absolute atomic E-state index is 11.9. The summed E-state index contributed by atoms with van der Waals surface area (Å²) in [4.78, 5) is 36.2. The lowest BCUT2D eigenvalue weighted by molar-refractivity contribution is -0.144. The second-order valence-corrected chi connectivity index (χ2v) is 5.04. The van der Waals surface area contributed by atoms with Gasteiger partial charge < -0.3 is 5.11 Å². The fourth-order valence-corrected chi connectivity index (χ4v) is 2.62. The molecule has 3 rings (SSSR count). The number of hydrogen-bond acceptors (Lipinski definition) is 3. The fourth-order valence-electron chi connectivity index (χ4n) is 2.62. The zero-order valence-corrected chi connectivity index (χ0v) is 10.2. The lowest BCUT2D eigenvalue weighted by Crippen LogP contribution is -2.38. The Kier molecular flexibility index (Phi) is 2.62. The Morgan fingerprint density at radius 1 is 1.21 bits per heavy atom. The van der Waals surface area contributed by atoms with E-state index in [-0.39, 0.29) is 30.2 Å². The minimum absolute atomic E-state index is 0.0655. The topological polar surface area (TPSA) is 74.7 Å². The van der Waals surface area contributed by atoms with Gasteiger partial charge in [0.1, 0.15) is 0 Å². The highest BCUT2D eigenvalue weighted by atomic mass is 16.4. The first-order chi connectivity index (χ1) is 9.09. The van der Waals surface area contributed by atoms with Crippen LogP contribution in [-0.2, 0) is 14.4 Å². The molecule has 0 bridgehead atoms. The van der Waals surface area contributed by atoms with Crippen LogP contribution < -0.4 is 0 Å². The van der Waals surface area contributed by atoms with Crippen molar-refractivity contribution in [3.05, 3.63) is 35.9 Å². The Morgan fingerprint density at radius 3 is 2.32 bits per heavy atom. The number of piperidine rings is 1. The summed E-state index contributed by atoms with van der Waals surface area (Å²) in [5, 5.41) is 9.29. The quantitative estimate of drug-likeness (QED) is 0.814. The highest BCUT2D eigenvalue weighted by Gasteiger charge is 2.59. The summed E-state index contributed by atoms with van der Waals surface area (Å²) in [5.74, 6) is -2.66. The number of carboxylic acids is 1. The van der Waals surface area contributed by atoms with E-state index in [1.54, 1.807) is 30.3 Å². The molecule has 1 aromatic carbocycles. The van der Waals surface area contributed by atoms with Gasteiger partial charge in [-0.3, -0.25) is 19.3 Å². The molecule has 1 saturated carbocycles. The molecule has 19 heavy (non-hydrogen) atoms. The molecule has 3 atom stereocenters. The number of amides is 2. The third-order valence-corrected chi connectivity index (χ3v) is 3.82. The molecule has 1 heterocycles. The molecule has 1 aromatic rings. The Hall–Kier alpha value is -2.17. The lowest BCUT2D eigenvalue weighted by Gasteiger charge is -2.21. The zero-order valence-electron chi connectivity index (χ0n) is 10.2. The van der Waals surface area contributed by atoms with Crippen molar-refractivity contribution in [2.45, 2.75) is 12.3 Å². The molecule has 1 aliphatic carbocycles. The van der Waals surface area contributed by atoms with E-state index in [0.717, 1.165) is 4.90 Å². The summed E-state index contributed by atoms with van der Waals surface area (Å²) in [6, 6.07) is 8.69. The van der Waals surface area contributed by atoms with Crippen LogP contribution in [0.2, 0.25) is 0 Å². The molecule has 1 N–H and O–H groups in total. The van der Waals surface area contributed by atoms with E-state index < -0.39 is 11.9 Å². The Morgan fingerprint density at radius 2 is 1.79 bits per heavy atom. The van der Waals surface area contributed by atoms with Crippen LogP contribution in [0.1, 0.15) is 17.9 Å². The molecule has 0 aromatic heterocycles. The molecule has 3 unspecified atom stereocenters. The number of nitrogens with zero attached hydrogens (tertiary/aromatic N) is 1. The number of aliphatic carboxylic acids is 1. The number of benzene rings is 1. The van der Waals surface area contributed by atoms with Gasteiger partial charge in [-0.05, 0) is 12.0 Å². The molecular formula is C14H13NO4. The molecule has 98 valence electrons. The summed E-state index contributed by atoms with van der Waals surface area (Å²) in [5.41, 5.74) is 0.608. The van der Waals surface area contributed by atoms with Crippen LogP contribution in [0.25, 0.3) is 0 Å². The van der Waals surface area contributed by atoms with Crippen LogP contribution in [0, 0.1) is 11.8 Å². The largest absolute Gasteiger partial charge is 0.481 e. The smallest absolute Gasteiger partial charge is 0.312 e. The summed E-state index contributed by atoms with van der Waals surface area (Å²) < 4.78 is 0. The zero-order chi connectivity index (χ0) is 13.6. The van der Waals surface area contributed by atoms with Gasteiger partial charge in [-0.25, -0.2) is 0 Å². The van der Waals surface area contributed by atoms with Crippen LogP contribution in [-0.4, -0.2) is 34.3 Å². The number of carbonyl (C=O) groups excluding carboxylic acids is 2. The Labute approximate surface area is 109 Å². The van der Waals surface area contributed by atoms with E-state index in [1.807, 2.05) is 0 Å². The van der Waals surface area contributed by atoms with Crippen LogP contribution in [0.15, 0.2) is 30.3 Å². The minimum Gasteiger partial charge on any atom is -0.481 e. The fraction of sp³-hybridized carbons (Fsp3) is 0.357. The lowest BCUT2D eigenvalue weighted by atomic mass is 9.98. The van der Waals surface area contributed by atoms with Crippen molar-refractivity contribution in [3.63, 3.8) is 0 Å². The second kappa shape index (κ2) is 4.19. The van der Waals surface area contributed by atoms with Crippen molar-refractivity contribution in [1.29, 1.82) is 0 Å². The molecule has 2 amide bonds. The molecule has 1 saturated heterocycles. The first-order valence-electron chi connectivity index (χ1n) is 6.22. The predicted molar refractivity (Wildman–Crippen MR) is 65.1 cm³/mol. The Balaban J connectivity index is 1.81. The summed E-state index contributed by atoms with van der Waals surface area (Å²) >= 11 is 0. The molecule has 2 aliphatic rings. The maximum Gasteiger partial charge on any atom is 0.312 e. The van der Waals surface area contributed by atoms with Crippen LogP contribution in [0.4, 0.5) is 0 Å². The van der Waals surface area contributed by atoms with Crippen LogP contribution in [0.3, 0.4) is 0 Å². The van der Waals surface area contributed by atoms with Crippen molar-refractivity contribution in [2.75, 3.05) is 6.54 Å². The molecule has 5 heteroatoms. The minimum atomic E-state index is -1.02. The first kappa shape index (κ1) is 11.9. The van der Waals surface area contributed by atoms with Crippen molar-refractivity contribution in [2.24, 2.45) is 11.8 Å². The highest BCUT2D eigenvalue weighted by molar-refractivity contribution is 6.09. The number of carboxylic acid groups (broad SMARTS) is 1. The van der Waals surface area contributed by atoms with Gasteiger partial charge in [0.05, 0.1) is 17.8 Å². The third kappa shape index (κ3) is 1.91. The Bertz CT molecular complexity index is 534. The van der Waals surface area contributed by atoms with E-state index >= 15 is 0 Å². The van der Waals surface area contributed by atoms with Gasteiger partial charge in [0, 0.05) is 6.54 Å². The molecular weight excluding hydrogens is 246 g/mol. The number of hydrogen-bond donors (Lipinski definition) is 1. The van der Waals surface area contributed by atoms with Crippen molar-refractivity contribution in [1.82, 2.24) is 4.90 Å². The van der Waals surface area contributed by atoms with E-state index in [1.165, 1.54) is 0 Å². The summed E-state index contributed by atoms with van der Waals surface area (Å²) in [6.07, 6.45) is 0.636. The number of rotatable bonds is 4. The number of fused-ring (bicyclic) bond motifs is 1. The molecule has 0 radical (unpaired) electrons. The average Bonchev–Trinajstić information content (AvgIpc) is 3.15. The van der Waals surface area contributed by atoms with E-state index in [9.17, 15) is 19.5 Å². The highest BCUT2D eigenvalue weighted by Crippen LogP contribution is 2.47. The number of carbonyl (C=O) groups is 3. The predicted octanol–water partition coefficient (Wildman–Crippen LogP) is 0.860. The van der Waals surface area contributed by atoms with Crippen LogP contribution >= 0.6 is 0 Å². The van der Waals surface area contributed by atoms with Gasteiger partial charge in [-0.15, -0.1) is 0 Å². The van der Waals surface area contributed by atoms with Gasteiger partial charge in [0.25, 0.3) is 0 Å². The normalized spacial score (nSPS) is 26.2. The standard InChI is InChI=1S/C14H13NO4/c16-12-9-6-10(9)13(17)15(12)7-11(14(18)19)8-4-2-1-3-5-8/h1-5,9-11H,6-7H2,(H,18,19). The van der Waals surface area contributed by atoms with Crippen LogP contribution in [0.5, 0.6) is 0 Å². The van der Waals surface area contributed by atoms with Gasteiger partial charge in [-0.1, -0.05) is 30.3 Å². The maximum atomic E-state index is 11.9. The van der Waals surface area contributed by atoms with E-state index in [0.29, 0.717) is 12.0 Å². The average molecular weight is 259 g/mol. The van der Waals surface area contributed by atoms with Gasteiger partial charge in [0.15, 0.2) is 0 Å². The van der Waals surface area contributed by atoms with Gasteiger partial charge in [0.2, 0.25) is 11.8 Å². The number of imide groups is 1. The molecule has 5 nitrogen and oxygen atoms in total. The summed E-state index contributed by atoms with van der Waals surface area (Å²) in [7, 11) is 0. The molecule has 1 aliphatic heterocycles. The monoisotopic (exact) mass is 259 g/mol. The van der Waals surface area contributed by atoms with Gasteiger partial charge in [-0.2, -0.15) is 0 Å². The van der Waals surface area contributed by atoms with Crippen molar-refractivity contribution < 1.29 is 19.5 Å². The van der Waals surface area contributed by atoms with Gasteiger partial charge >= 0.3 is 5.97 Å². The molecule has 0 spiro atoms. The molecule has 2 fully saturated rings. The van der Waals surface area contributed by atoms with Crippen molar-refractivity contribution in [3.8, 4) is 0 Å². The van der Waals surface area contributed by atoms with E-state index in [2.05, 4.69) is 0 Å². The van der Waals surface area contributed by atoms with Crippen molar-refractivity contribution >= 4 is 17.8 Å². The first-order valence-corrected chi connectivity index (χ1v) is 6.22.